The predicted octanol–water partition coefficient (Wildman–Crippen LogP) is 7.06. The highest BCUT2D eigenvalue weighted by Gasteiger charge is 2.03. The third kappa shape index (κ3) is 4.39. The summed E-state index contributed by atoms with van der Waals surface area (Å²) in [4.78, 5) is 0. The van der Waals surface area contributed by atoms with Gasteiger partial charge in [-0.15, -0.1) is 0 Å². The summed E-state index contributed by atoms with van der Waals surface area (Å²) in [6.45, 7) is 0. The van der Waals surface area contributed by atoms with E-state index in [9.17, 15) is 0 Å². The first-order valence-corrected chi connectivity index (χ1v) is 9.31. The van der Waals surface area contributed by atoms with E-state index in [2.05, 4.69) is 39.1 Å². The molecule has 0 saturated carbocycles. The highest BCUT2D eigenvalue weighted by molar-refractivity contribution is 7.80. The molecule has 2 N–H and O–H groups in total. The van der Waals surface area contributed by atoms with Crippen molar-refractivity contribution in [2.45, 2.75) is 0 Å². The molecule has 4 aromatic carbocycles. The molecule has 0 fully saturated rings. The highest BCUT2D eigenvalue weighted by Crippen LogP contribution is 2.24. The summed E-state index contributed by atoms with van der Waals surface area (Å²) in [6.07, 6.45) is 0. The molecule has 0 heterocycles. The van der Waals surface area contributed by atoms with Gasteiger partial charge < -0.3 is 10.6 Å². The Balaban J connectivity index is 1.41. The Hall–Kier alpha value is -3.57. The third-order valence-corrected chi connectivity index (χ3v) is 4.40. The number of nitrogens with one attached hydrogen (secondary N) is 2. The molecule has 4 rings (SSSR count). The SMILES string of the molecule is S=C(Nc1ccc(N=Nc2ccccc2)cc1)Nc1cccc2ccccc12. The van der Waals surface area contributed by atoms with Crippen molar-refractivity contribution < 1.29 is 0 Å². The number of nitrogens with zero attached hydrogens (tertiary/aromatic N) is 2. The van der Waals surface area contributed by atoms with Crippen molar-refractivity contribution in [3.05, 3.63) is 97.1 Å². The molecule has 28 heavy (non-hydrogen) atoms. The second-order valence-corrected chi connectivity index (χ2v) is 6.60. The molecule has 0 aliphatic carbocycles. The van der Waals surface area contributed by atoms with Gasteiger partial charge in [-0.05, 0) is 60.1 Å². The van der Waals surface area contributed by atoms with Crippen molar-refractivity contribution in [3.63, 3.8) is 0 Å². The predicted molar refractivity (Wildman–Crippen MR) is 121 cm³/mol. The van der Waals surface area contributed by atoms with Crippen LogP contribution in [0.4, 0.5) is 22.7 Å². The number of fused-ring (bicyclic) bond motifs is 1. The van der Waals surface area contributed by atoms with Crippen LogP contribution in [-0.4, -0.2) is 5.11 Å². The minimum atomic E-state index is 0.537. The summed E-state index contributed by atoms with van der Waals surface area (Å²) in [5, 5.41) is 17.8. The fourth-order valence-electron chi connectivity index (χ4n) is 2.84. The molecule has 0 saturated heterocycles. The molecule has 0 radical (unpaired) electrons. The van der Waals surface area contributed by atoms with Gasteiger partial charge in [-0.2, -0.15) is 10.2 Å². The lowest BCUT2D eigenvalue weighted by Crippen LogP contribution is -2.19. The van der Waals surface area contributed by atoms with Crippen LogP contribution in [-0.2, 0) is 0 Å². The van der Waals surface area contributed by atoms with Gasteiger partial charge in [0.25, 0.3) is 0 Å². The lowest BCUT2D eigenvalue weighted by Gasteiger charge is -2.12. The topological polar surface area (TPSA) is 48.8 Å². The zero-order valence-electron chi connectivity index (χ0n) is 15.0. The lowest BCUT2D eigenvalue weighted by atomic mass is 10.1. The molecule has 0 amide bonds. The van der Waals surface area contributed by atoms with E-state index >= 15 is 0 Å². The van der Waals surface area contributed by atoms with E-state index in [-0.39, 0.29) is 0 Å². The van der Waals surface area contributed by atoms with Crippen molar-refractivity contribution in [3.8, 4) is 0 Å². The van der Waals surface area contributed by atoms with Crippen molar-refractivity contribution in [1.82, 2.24) is 0 Å². The number of hydrogen-bond donors (Lipinski definition) is 2. The zero-order valence-corrected chi connectivity index (χ0v) is 15.9. The number of anilines is 2. The molecular formula is C23H18N4S. The van der Waals surface area contributed by atoms with Gasteiger partial charge in [-0.1, -0.05) is 54.6 Å². The summed E-state index contributed by atoms with van der Waals surface area (Å²) in [5.74, 6) is 0. The molecule has 136 valence electrons. The average molecular weight is 382 g/mol. The maximum atomic E-state index is 5.46. The van der Waals surface area contributed by atoms with E-state index in [1.165, 1.54) is 5.39 Å². The number of benzene rings is 4. The molecular weight excluding hydrogens is 364 g/mol. The maximum Gasteiger partial charge on any atom is 0.175 e. The lowest BCUT2D eigenvalue weighted by molar-refractivity contribution is 1.23. The van der Waals surface area contributed by atoms with E-state index in [1.54, 1.807) is 0 Å². The Morgan fingerprint density at radius 2 is 1.25 bits per heavy atom. The Morgan fingerprint density at radius 1 is 0.607 bits per heavy atom. The molecule has 5 heteroatoms. The Kier molecular flexibility index (Phi) is 5.36. The fraction of sp³-hybridized carbons (Fsp3) is 0. The summed E-state index contributed by atoms with van der Waals surface area (Å²) < 4.78 is 0. The van der Waals surface area contributed by atoms with Gasteiger partial charge >= 0.3 is 0 Å². The van der Waals surface area contributed by atoms with Crippen molar-refractivity contribution in [2.75, 3.05) is 10.6 Å². The molecule has 0 atom stereocenters. The first kappa shape index (κ1) is 17.8. The summed E-state index contributed by atoms with van der Waals surface area (Å²) >= 11 is 5.46. The number of thiocarbonyl (C=S) groups is 1. The van der Waals surface area contributed by atoms with Crippen LogP contribution in [0.5, 0.6) is 0 Å². The van der Waals surface area contributed by atoms with Crippen LogP contribution in [0.15, 0.2) is 107 Å². The molecule has 0 aromatic heterocycles. The van der Waals surface area contributed by atoms with Crippen LogP contribution in [0.3, 0.4) is 0 Å². The largest absolute Gasteiger partial charge is 0.332 e. The van der Waals surface area contributed by atoms with Crippen LogP contribution in [0, 0.1) is 0 Å². The zero-order chi connectivity index (χ0) is 19.2. The quantitative estimate of drug-likeness (QED) is 0.293. The van der Waals surface area contributed by atoms with Crippen LogP contribution in [0.2, 0.25) is 0 Å². The Labute approximate surface area is 168 Å². The summed E-state index contributed by atoms with van der Waals surface area (Å²) in [7, 11) is 0. The first-order valence-electron chi connectivity index (χ1n) is 8.90. The van der Waals surface area contributed by atoms with E-state index < -0.39 is 0 Å². The standard InChI is InChI=1S/C23H18N4S/c28-23(25-22-12-6-8-17-7-4-5-11-21(17)22)24-18-13-15-20(16-14-18)27-26-19-9-2-1-3-10-19/h1-16H,(H2,24,25,28). The molecule has 0 unspecified atom stereocenters. The summed E-state index contributed by atoms with van der Waals surface area (Å²) in [6, 6.07) is 31.6. The number of hydrogen-bond acceptors (Lipinski definition) is 3. The smallest absolute Gasteiger partial charge is 0.175 e. The van der Waals surface area contributed by atoms with Crippen LogP contribution in [0.1, 0.15) is 0 Å². The second-order valence-electron chi connectivity index (χ2n) is 6.19. The highest BCUT2D eigenvalue weighted by atomic mass is 32.1. The maximum absolute atomic E-state index is 5.46. The average Bonchev–Trinajstić information content (AvgIpc) is 2.74. The molecule has 0 spiro atoms. The Bertz CT molecular complexity index is 1120. The first-order chi connectivity index (χ1) is 13.8. The van der Waals surface area contributed by atoms with Gasteiger partial charge in [0.1, 0.15) is 0 Å². The van der Waals surface area contributed by atoms with E-state index in [1.807, 2.05) is 78.9 Å². The molecule has 0 aliphatic rings. The normalized spacial score (nSPS) is 10.9. The van der Waals surface area contributed by atoms with Gasteiger partial charge in [-0.3, -0.25) is 0 Å². The van der Waals surface area contributed by atoms with Gasteiger partial charge in [0.15, 0.2) is 5.11 Å². The number of rotatable bonds is 4. The minimum absolute atomic E-state index is 0.537. The molecule has 0 aliphatic heterocycles. The van der Waals surface area contributed by atoms with Gasteiger partial charge in [-0.25, -0.2) is 0 Å². The summed E-state index contributed by atoms with van der Waals surface area (Å²) in [5.41, 5.74) is 3.47. The van der Waals surface area contributed by atoms with Crippen molar-refractivity contribution in [2.24, 2.45) is 10.2 Å². The number of azo groups is 1. The van der Waals surface area contributed by atoms with Crippen LogP contribution in [0.25, 0.3) is 10.8 Å². The van der Waals surface area contributed by atoms with E-state index in [0.29, 0.717) is 5.11 Å². The molecule has 4 aromatic rings. The third-order valence-electron chi connectivity index (χ3n) is 4.20. The van der Waals surface area contributed by atoms with Gasteiger partial charge in [0.2, 0.25) is 0 Å². The monoisotopic (exact) mass is 382 g/mol. The molecule has 4 nitrogen and oxygen atoms in total. The van der Waals surface area contributed by atoms with E-state index in [0.717, 1.165) is 28.1 Å². The van der Waals surface area contributed by atoms with E-state index in [4.69, 9.17) is 12.2 Å². The molecule has 0 bridgehead atoms. The second kappa shape index (κ2) is 8.41. The minimum Gasteiger partial charge on any atom is -0.332 e. The fourth-order valence-corrected chi connectivity index (χ4v) is 3.07. The van der Waals surface area contributed by atoms with Crippen LogP contribution >= 0.6 is 12.2 Å². The van der Waals surface area contributed by atoms with Crippen LogP contribution < -0.4 is 10.6 Å². The van der Waals surface area contributed by atoms with Crippen molar-refractivity contribution in [1.29, 1.82) is 0 Å². The van der Waals surface area contributed by atoms with Gasteiger partial charge in [0.05, 0.1) is 11.4 Å². The van der Waals surface area contributed by atoms with Crippen molar-refractivity contribution >= 4 is 50.9 Å². The van der Waals surface area contributed by atoms with Gasteiger partial charge in [0, 0.05) is 16.8 Å². The Morgan fingerprint density at radius 3 is 2.04 bits per heavy atom.